The van der Waals surface area contributed by atoms with Gasteiger partial charge in [0.1, 0.15) is 5.60 Å². The van der Waals surface area contributed by atoms with Crippen LogP contribution in [0.2, 0.25) is 0 Å². The Kier molecular flexibility index (Phi) is 2.14. The van der Waals surface area contributed by atoms with Crippen molar-refractivity contribution in [3.63, 3.8) is 0 Å². The third-order valence-electron chi connectivity index (χ3n) is 2.09. The van der Waals surface area contributed by atoms with E-state index in [1.54, 1.807) is 0 Å². The van der Waals surface area contributed by atoms with Gasteiger partial charge in [-0.25, -0.2) is 0 Å². The number of hydrogen-bond acceptors (Lipinski definition) is 4. The topological polar surface area (TPSA) is 33.1 Å². The van der Waals surface area contributed by atoms with Crippen LogP contribution in [0.5, 0.6) is 0 Å². The lowest BCUT2D eigenvalue weighted by Gasteiger charge is -2.17. The van der Waals surface area contributed by atoms with E-state index in [2.05, 4.69) is 4.37 Å². The molecule has 2 rings (SSSR count). The van der Waals surface area contributed by atoms with E-state index in [0.717, 1.165) is 28.5 Å². The monoisotopic (exact) mass is 201 g/mol. The molecule has 0 saturated carbocycles. The molecule has 1 unspecified atom stereocenters. The lowest BCUT2D eigenvalue weighted by Crippen LogP contribution is -2.23. The highest BCUT2D eigenvalue weighted by Gasteiger charge is 2.35. The first-order valence-corrected chi connectivity index (χ1v) is 5.87. The van der Waals surface area contributed by atoms with Crippen LogP contribution in [0.4, 0.5) is 0 Å². The molecule has 1 aromatic rings. The maximum atomic E-state index is 10.1. The highest BCUT2D eigenvalue weighted by Crippen LogP contribution is 2.38. The molecule has 0 aliphatic carbocycles. The average Bonchev–Trinajstić information content (AvgIpc) is 2.59. The van der Waals surface area contributed by atoms with E-state index < -0.39 is 5.60 Å². The summed E-state index contributed by atoms with van der Waals surface area (Å²) in [6, 6.07) is 2.00. The fraction of sp³-hybridized carbons (Fsp3) is 0.625. The standard InChI is InChI=1S/C8H11NOS2/c1-6-4-7(12-9-6)8(10)2-3-11-5-8/h4,10H,2-3,5H2,1H3. The van der Waals surface area contributed by atoms with Crippen LogP contribution in [0.1, 0.15) is 17.0 Å². The van der Waals surface area contributed by atoms with Crippen LogP contribution in [-0.4, -0.2) is 21.0 Å². The Hall–Kier alpha value is -0.0600. The lowest BCUT2D eigenvalue weighted by molar-refractivity contribution is 0.0696. The molecular formula is C8H11NOS2. The average molecular weight is 201 g/mol. The Morgan fingerprint density at radius 1 is 1.67 bits per heavy atom. The van der Waals surface area contributed by atoms with Crippen molar-refractivity contribution in [2.24, 2.45) is 0 Å². The third-order valence-corrected chi connectivity index (χ3v) is 4.34. The second-order valence-electron chi connectivity index (χ2n) is 3.17. The fourth-order valence-electron chi connectivity index (χ4n) is 1.33. The Bertz CT molecular complexity index is 278. The van der Waals surface area contributed by atoms with Gasteiger partial charge < -0.3 is 5.11 Å². The quantitative estimate of drug-likeness (QED) is 0.752. The molecule has 1 atom stereocenters. The minimum absolute atomic E-state index is 0.573. The second kappa shape index (κ2) is 3.01. The summed E-state index contributed by atoms with van der Waals surface area (Å²) in [5.41, 5.74) is 0.441. The number of rotatable bonds is 1. The van der Waals surface area contributed by atoms with Gasteiger partial charge in [-0.05, 0) is 36.7 Å². The molecule has 4 heteroatoms. The van der Waals surface area contributed by atoms with Gasteiger partial charge in [0, 0.05) is 5.75 Å². The first kappa shape index (κ1) is 8.53. The van der Waals surface area contributed by atoms with Crippen LogP contribution in [0.25, 0.3) is 0 Å². The zero-order chi connectivity index (χ0) is 8.60. The Morgan fingerprint density at radius 2 is 2.50 bits per heavy atom. The van der Waals surface area contributed by atoms with E-state index >= 15 is 0 Å². The maximum Gasteiger partial charge on any atom is 0.110 e. The van der Waals surface area contributed by atoms with E-state index in [4.69, 9.17) is 0 Å². The van der Waals surface area contributed by atoms with Crippen LogP contribution in [0.15, 0.2) is 6.07 Å². The van der Waals surface area contributed by atoms with Gasteiger partial charge in [-0.1, -0.05) is 0 Å². The number of hydrogen-bond donors (Lipinski definition) is 1. The minimum atomic E-state index is -0.573. The van der Waals surface area contributed by atoms with Crippen LogP contribution in [0, 0.1) is 6.92 Å². The van der Waals surface area contributed by atoms with E-state index in [1.165, 1.54) is 11.5 Å². The van der Waals surface area contributed by atoms with E-state index in [0.29, 0.717) is 0 Å². The van der Waals surface area contributed by atoms with Crippen molar-refractivity contribution in [3.05, 3.63) is 16.6 Å². The van der Waals surface area contributed by atoms with Gasteiger partial charge in [-0.2, -0.15) is 16.1 Å². The van der Waals surface area contributed by atoms with E-state index in [1.807, 2.05) is 24.8 Å². The van der Waals surface area contributed by atoms with Crippen LogP contribution >= 0.6 is 23.3 Å². The van der Waals surface area contributed by atoms with Crippen molar-refractivity contribution in [1.82, 2.24) is 4.37 Å². The molecule has 1 N–H and O–H groups in total. The molecule has 1 aliphatic rings. The molecule has 0 radical (unpaired) electrons. The van der Waals surface area contributed by atoms with Crippen LogP contribution < -0.4 is 0 Å². The molecule has 0 aromatic carbocycles. The van der Waals surface area contributed by atoms with Crippen molar-refractivity contribution in [1.29, 1.82) is 0 Å². The van der Waals surface area contributed by atoms with Gasteiger partial charge >= 0.3 is 0 Å². The number of aromatic nitrogens is 1. The minimum Gasteiger partial charge on any atom is -0.383 e. The van der Waals surface area contributed by atoms with Gasteiger partial charge in [0.2, 0.25) is 0 Å². The zero-order valence-corrected chi connectivity index (χ0v) is 8.54. The molecule has 0 amide bonds. The summed E-state index contributed by atoms with van der Waals surface area (Å²) in [7, 11) is 0. The van der Waals surface area contributed by atoms with Gasteiger partial charge in [-0.15, -0.1) is 0 Å². The SMILES string of the molecule is Cc1cc(C2(O)CCSC2)sn1. The van der Waals surface area contributed by atoms with Gasteiger partial charge in [-0.3, -0.25) is 0 Å². The second-order valence-corrected chi connectivity index (χ2v) is 5.08. The summed E-state index contributed by atoms with van der Waals surface area (Å²) >= 11 is 3.25. The molecule has 2 heterocycles. The summed E-state index contributed by atoms with van der Waals surface area (Å²) in [5, 5.41) is 10.1. The number of nitrogens with zero attached hydrogens (tertiary/aromatic N) is 1. The third kappa shape index (κ3) is 1.39. The van der Waals surface area contributed by atoms with Crippen molar-refractivity contribution in [2.45, 2.75) is 18.9 Å². The van der Waals surface area contributed by atoms with Gasteiger partial charge in [0.15, 0.2) is 0 Å². The first-order chi connectivity index (χ1) is 5.71. The highest BCUT2D eigenvalue weighted by atomic mass is 32.2. The number of aryl methyl sites for hydroxylation is 1. The van der Waals surface area contributed by atoms with Gasteiger partial charge in [0.25, 0.3) is 0 Å². The Labute approximate surface area is 80.2 Å². The summed E-state index contributed by atoms with van der Waals surface area (Å²) < 4.78 is 4.18. The van der Waals surface area contributed by atoms with Crippen LogP contribution in [0.3, 0.4) is 0 Å². The van der Waals surface area contributed by atoms with E-state index in [-0.39, 0.29) is 0 Å². The predicted molar refractivity (Wildman–Crippen MR) is 52.7 cm³/mol. The molecule has 66 valence electrons. The highest BCUT2D eigenvalue weighted by molar-refractivity contribution is 7.99. The number of thioether (sulfide) groups is 1. The molecule has 0 bridgehead atoms. The van der Waals surface area contributed by atoms with Crippen molar-refractivity contribution >= 4 is 23.3 Å². The molecule has 1 fully saturated rings. The van der Waals surface area contributed by atoms with Crippen molar-refractivity contribution in [2.75, 3.05) is 11.5 Å². The lowest BCUT2D eigenvalue weighted by atomic mass is 10.0. The predicted octanol–water partition coefficient (Wildman–Crippen LogP) is 1.78. The maximum absolute atomic E-state index is 10.1. The largest absolute Gasteiger partial charge is 0.383 e. The molecule has 12 heavy (non-hydrogen) atoms. The molecule has 0 spiro atoms. The Balaban J connectivity index is 2.28. The normalized spacial score (nSPS) is 29.5. The fourth-order valence-corrected chi connectivity index (χ4v) is 3.55. The summed E-state index contributed by atoms with van der Waals surface area (Å²) in [4.78, 5) is 1.03. The number of aliphatic hydroxyl groups is 1. The zero-order valence-electron chi connectivity index (χ0n) is 6.91. The summed E-state index contributed by atoms with van der Waals surface area (Å²) in [6.45, 7) is 1.96. The van der Waals surface area contributed by atoms with Gasteiger partial charge in [0.05, 0.1) is 10.6 Å². The summed E-state index contributed by atoms with van der Waals surface area (Å²) in [5.74, 6) is 1.89. The van der Waals surface area contributed by atoms with Crippen molar-refractivity contribution < 1.29 is 5.11 Å². The van der Waals surface area contributed by atoms with E-state index in [9.17, 15) is 5.11 Å². The van der Waals surface area contributed by atoms with Crippen LogP contribution in [-0.2, 0) is 5.60 Å². The molecular weight excluding hydrogens is 190 g/mol. The molecule has 1 aromatic heterocycles. The Morgan fingerprint density at radius 3 is 3.00 bits per heavy atom. The summed E-state index contributed by atoms with van der Waals surface area (Å²) in [6.07, 6.45) is 0.874. The smallest absolute Gasteiger partial charge is 0.110 e. The molecule has 1 aliphatic heterocycles. The first-order valence-electron chi connectivity index (χ1n) is 3.95. The molecule has 1 saturated heterocycles. The molecule has 2 nitrogen and oxygen atoms in total. The van der Waals surface area contributed by atoms with Crippen molar-refractivity contribution in [3.8, 4) is 0 Å².